The Kier molecular flexibility index (Phi) is 4.02. The number of nitrogens with two attached hydrogens (primary N) is 1. The topological polar surface area (TPSA) is 64.2 Å². The average Bonchev–Trinajstić information content (AvgIpc) is 2.41. The van der Waals surface area contributed by atoms with E-state index in [4.69, 9.17) is 5.73 Å². The van der Waals surface area contributed by atoms with Gasteiger partial charge in [-0.25, -0.2) is 9.97 Å². The summed E-state index contributed by atoms with van der Waals surface area (Å²) in [4.78, 5) is 13.0. The predicted molar refractivity (Wildman–Crippen MR) is 78.4 cm³/mol. The molecule has 0 fully saturated rings. The van der Waals surface area contributed by atoms with E-state index in [1.54, 1.807) is 13.3 Å². The molecule has 4 heteroatoms. The molecule has 0 amide bonds. The molecule has 0 aliphatic rings. The summed E-state index contributed by atoms with van der Waals surface area (Å²) in [5.74, 6) is 0.763. The van der Waals surface area contributed by atoms with Crippen molar-refractivity contribution in [1.29, 1.82) is 0 Å². The first kappa shape index (κ1) is 13.4. The Labute approximate surface area is 113 Å². The summed E-state index contributed by atoms with van der Waals surface area (Å²) in [5.41, 5.74) is 10.6. The molecule has 2 N–H and O–H groups in total. The molecule has 0 unspecified atom stereocenters. The van der Waals surface area contributed by atoms with Crippen LogP contribution in [0.2, 0.25) is 0 Å². The number of rotatable bonds is 3. The molecule has 0 radical (unpaired) electrons. The second-order valence-electron chi connectivity index (χ2n) is 4.41. The van der Waals surface area contributed by atoms with Gasteiger partial charge in [-0.3, -0.25) is 4.99 Å². The summed E-state index contributed by atoms with van der Waals surface area (Å²) in [6.07, 6.45) is 1.80. The van der Waals surface area contributed by atoms with Crippen LogP contribution in [-0.2, 0) is 6.54 Å². The third-order valence-electron chi connectivity index (χ3n) is 2.94. The maximum atomic E-state index is 5.69. The lowest BCUT2D eigenvalue weighted by molar-refractivity contribution is 1.01. The Balaban J connectivity index is 2.65. The largest absolute Gasteiger partial charge is 0.326 e. The average molecular weight is 254 g/mol. The number of aryl methyl sites for hydroxylation is 2. The molecule has 1 aromatic heterocycles. The molecule has 0 atom stereocenters. The Bertz CT molecular complexity index is 618. The molecule has 0 aliphatic carbocycles. The number of nitrogens with zero attached hydrogens (tertiary/aromatic N) is 3. The fourth-order valence-corrected chi connectivity index (χ4v) is 2.07. The molecular formula is C15H18N4. The van der Waals surface area contributed by atoms with E-state index in [2.05, 4.69) is 21.0 Å². The highest BCUT2D eigenvalue weighted by atomic mass is 14.9. The van der Waals surface area contributed by atoms with Gasteiger partial charge < -0.3 is 5.73 Å². The van der Waals surface area contributed by atoms with Gasteiger partial charge in [-0.05, 0) is 25.5 Å². The molecule has 0 aliphatic heterocycles. The second-order valence-corrected chi connectivity index (χ2v) is 4.41. The van der Waals surface area contributed by atoms with Gasteiger partial charge in [-0.2, -0.15) is 0 Å². The lowest BCUT2D eigenvalue weighted by Gasteiger charge is -2.10. The molecular weight excluding hydrogens is 236 g/mol. The summed E-state index contributed by atoms with van der Waals surface area (Å²) in [6, 6.07) is 8.11. The van der Waals surface area contributed by atoms with Crippen molar-refractivity contribution in [2.45, 2.75) is 20.4 Å². The van der Waals surface area contributed by atoms with Crippen molar-refractivity contribution in [3.05, 3.63) is 46.9 Å². The zero-order chi connectivity index (χ0) is 13.8. The van der Waals surface area contributed by atoms with Crippen molar-refractivity contribution in [3.63, 3.8) is 0 Å². The van der Waals surface area contributed by atoms with E-state index in [9.17, 15) is 0 Å². The monoisotopic (exact) mass is 254 g/mol. The first-order valence-corrected chi connectivity index (χ1v) is 6.22. The van der Waals surface area contributed by atoms with Crippen molar-refractivity contribution >= 4 is 6.21 Å². The van der Waals surface area contributed by atoms with Crippen LogP contribution in [0, 0.1) is 13.8 Å². The van der Waals surface area contributed by atoms with Crippen molar-refractivity contribution in [1.82, 2.24) is 9.97 Å². The van der Waals surface area contributed by atoms with Gasteiger partial charge in [-0.15, -0.1) is 0 Å². The van der Waals surface area contributed by atoms with Crippen LogP contribution in [0.1, 0.15) is 22.6 Å². The Morgan fingerprint density at radius 2 is 2.05 bits per heavy atom. The van der Waals surface area contributed by atoms with Crippen molar-refractivity contribution in [3.8, 4) is 11.3 Å². The smallest absolute Gasteiger partial charge is 0.126 e. The van der Waals surface area contributed by atoms with E-state index in [0.717, 1.165) is 33.9 Å². The minimum absolute atomic E-state index is 0.522. The Hall–Kier alpha value is -2.07. The molecule has 0 bridgehead atoms. The first-order valence-electron chi connectivity index (χ1n) is 6.22. The van der Waals surface area contributed by atoms with E-state index in [1.807, 2.05) is 32.0 Å². The van der Waals surface area contributed by atoms with Crippen LogP contribution < -0.4 is 5.73 Å². The van der Waals surface area contributed by atoms with E-state index >= 15 is 0 Å². The molecule has 1 aromatic carbocycles. The minimum atomic E-state index is 0.522. The number of aliphatic imine (C=N–C) groups is 1. The van der Waals surface area contributed by atoms with Gasteiger partial charge in [0.2, 0.25) is 0 Å². The minimum Gasteiger partial charge on any atom is -0.326 e. The molecule has 98 valence electrons. The van der Waals surface area contributed by atoms with Gasteiger partial charge in [0.1, 0.15) is 5.82 Å². The van der Waals surface area contributed by atoms with E-state index in [1.165, 1.54) is 0 Å². The van der Waals surface area contributed by atoms with Gasteiger partial charge in [0, 0.05) is 30.9 Å². The standard InChI is InChI=1S/C15H18N4/c1-10-14(9-17-3)15(19-11(2)18-10)13-6-4-5-12(7-13)8-16/h4-7,9H,8,16H2,1-3H3/b17-9-. The number of hydrogen-bond acceptors (Lipinski definition) is 4. The van der Waals surface area contributed by atoms with E-state index in [0.29, 0.717) is 6.54 Å². The Morgan fingerprint density at radius 3 is 2.74 bits per heavy atom. The van der Waals surface area contributed by atoms with Crippen LogP contribution in [0.4, 0.5) is 0 Å². The lowest BCUT2D eigenvalue weighted by Crippen LogP contribution is -2.03. The second kappa shape index (κ2) is 5.71. The van der Waals surface area contributed by atoms with Gasteiger partial charge in [0.25, 0.3) is 0 Å². The fraction of sp³-hybridized carbons (Fsp3) is 0.267. The third-order valence-corrected chi connectivity index (χ3v) is 2.94. The van der Waals surface area contributed by atoms with Crippen LogP contribution >= 0.6 is 0 Å². The quantitative estimate of drug-likeness (QED) is 0.854. The van der Waals surface area contributed by atoms with Gasteiger partial charge in [-0.1, -0.05) is 18.2 Å². The van der Waals surface area contributed by atoms with Crippen molar-refractivity contribution < 1.29 is 0 Å². The third kappa shape index (κ3) is 2.85. The maximum Gasteiger partial charge on any atom is 0.126 e. The Morgan fingerprint density at radius 1 is 1.26 bits per heavy atom. The fourth-order valence-electron chi connectivity index (χ4n) is 2.07. The first-order chi connectivity index (χ1) is 9.15. The lowest BCUT2D eigenvalue weighted by atomic mass is 10.0. The van der Waals surface area contributed by atoms with Crippen LogP contribution in [-0.4, -0.2) is 23.2 Å². The SMILES string of the molecule is C/N=C\c1c(C)nc(C)nc1-c1cccc(CN)c1. The van der Waals surface area contributed by atoms with Crippen LogP contribution in [0.15, 0.2) is 29.3 Å². The summed E-state index contributed by atoms with van der Waals surface area (Å²) < 4.78 is 0. The van der Waals surface area contributed by atoms with Crippen LogP contribution in [0.3, 0.4) is 0 Å². The zero-order valence-electron chi connectivity index (χ0n) is 11.5. The molecule has 0 spiro atoms. The summed E-state index contributed by atoms with van der Waals surface area (Å²) >= 11 is 0. The summed E-state index contributed by atoms with van der Waals surface area (Å²) in [6.45, 7) is 4.40. The van der Waals surface area contributed by atoms with Gasteiger partial charge in [0.05, 0.1) is 11.4 Å². The van der Waals surface area contributed by atoms with Crippen molar-refractivity contribution in [2.24, 2.45) is 10.7 Å². The van der Waals surface area contributed by atoms with E-state index < -0.39 is 0 Å². The molecule has 19 heavy (non-hydrogen) atoms. The number of benzene rings is 1. The van der Waals surface area contributed by atoms with E-state index in [-0.39, 0.29) is 0 Å². The summed E-state index contributed by atoms with van der Waals surface area (Å²) in [5, 5.41) is 0. The van der Waals surface area contributed by atoms with Crippen molar-refractivity contribution in [2.75, 3.05) is 7.05 Å². The summed E-state index contributed by atoms with van der Waals surface area (Å²) in [7, 11) is 1.75. The predicted octanol–water partition coefficient (Wildman–Crippen LogP) is 2.27. The number of hydrogen-bond donors (Lipinski definition) is 1. The molecule has 2 aromatic rings. The highest BCUT2D eigenvalue weighted by molar-refractivity contribution is 5.89. The molecule has 2 rings (SSSR count). The normalized spacial score (nSPS) is 11.2. The van der Waals surface area contributed by atoms with Crippen LogP contribution in [0.25, 0.3) is 11.3 Å². The molecule has 4 nitrogen and oxygen atoms in total. The maximum absolute atomic E-state index is 5.69. The molecule has 1 heterocycles. The number of aromatic nitrogens is 2. The highest BCUT2D eigenvalue weighted by Crippen LogP contribution is 2.23. The molecule has 0 saturated carbocycles. The molecule has 0 saturated heterocycles. The van der Waals surface area contributed by atoms with Crippen LogP contribution in [0.5, 0.6) is 0 Å². The highest BCUT2D eigenvalue weighted by Gasteiger charge is 2.10. The zero-order valence-corrected chi connectivity index (χ0v) is 11.5. The van der Waals surface area contributed by atoms with Gasteiger partial charge in [0.15, 0.2) is 0 Å². The van der Waals surface area contributed by atoms with Gasteiger partial charge >= 0.3 is 0 Å².